The molecule has 0 aliphatic carbocycles. The first kappa shape index (κ1) is 26.8. The Morgan fingerprint density at radius 2 is 1.66 bits per heavy atom. The van der Waals surface area contributed by atoms with E-state index in [-0.39, 0.29) is 11.2 Å². The van der Waals surface area contributed by atoms with Gasteiger partial charge < -0.3 is 10.1 Å². The predicted molar refractivity (Wildman–Crippen MR) is 146 cm³/mol. The summed E-state index contributed by atoms with van der Waals surface area (Å²) in [5, 5.41) is 12.2. The van der Waals surface area contributed by atoms with Crippen molar-refractivity contribution in [3.63, 3.8) is 0 Å². The number of benzene rings is 3. The number of anilines is 1. The molecule has 0 saturated carbocycles. The number of thiocarbonyl (C=S) groups is 1. The van der Waals surface area contributed by atoms with Crippen LogP contribution in [0.2, 0.25) is 0 Å². The Kier molecular flexibility index (Phi) is 7.77. The molecule has 0 saturated heterocycles. The van der Waals surface area contributed by atoms with Crippen molar-refractivity contribution in [1.29, 1.82) is 0 Å². The van der Waals surface area contributed by atoms with E-state index in [0.717, 1.165) is 22.4 Å². The summed E-state index contributed by atoms with van der Waals surface area (Å²) in [6.07, 6.45) is -1.61. The van der Waals surface area contributed by atoms with Gasteiger partial charge in [-0.3, -0.25) is 5.43 Å². The van der Waals surface area contributed by atoms with Crippen molar-refractivity contribution in [2.24, 2.45) is 5.10 Å². The van der Waals surface area contributed by atoms with Gasteiger partial charge in [0.1, 0.15) is 12.1 Å². The highest BCUT2D eigenvalue weighted by Crippen LogP contribution is 2.29. The minimum absolute atomic E-state index is 0.0366. The van der Waals surface area contributed by atoms with Crippen LogP contribution in [0.15, 0.2) is 84.2 Å². The molecule has 0 aliphatic heterocycles. The van der Waals surface area contributed by atoms with Crippen LogP contribution in [0, 0.1) is 0 Å². The van der Waals surface area contributed by atoms with E-state index in [1.165, 1.54) is 35.3 Å². The van der Waals surface area contributed by atoms with Crippen molar-refractivity contribution in [2.45, 2.75) is 32.5 Å². The molecular weight excluding hydrogens is 513 g/mol. The van der Waals surface area contributed by atoms with E-state index >= 15 is 0 Å². The minimum Gasteiger partial charge on any atom is -0.406 e. The third kappa shape index (κ3) is 7.16. The Morgan fingerprint density at radius 1 is 0.974 bits per heavy atom. The molecule has 1 heterocycles. The third-order valence-electron chi connectivity index (χ3n) is 5.36. The highest BCUT2D eigenvalue weighted by Gasteiger charge is 2.31. The second-order valence-electron chi connectivity index (χ2n) is 9.30. The van der Waals surface area contributed by atoms with Gasteiger partial charge >= 0.3 is 6.36 Å². The molecule has 0 atom stereocenters. The fourth-order valence-corrected chi connectivity index (χ4v) is 3.76. The molecule has 11 heteroatoms. The molecule has 1 aromatic heterocycles. The summed E-state index contributed by atoms with van der Waals surface area (Å²) >= 11 is 5.38. The van der Waals surface area contributed by atoms with Crippen molar-refractivity contribution in [2.75, 3.05) is 5.32 Å². The number of para-hydroxylation sites is 1. The molecule has 0 unspecified atom stereocenters. The standard InChI is InChI=1S/C27H25F3N6OS/c1-26(2,3)22-6-4-5-7-23(22)33-25(38)34-32-16-18-8-10-19(11-9-18)24-31-17-36(35-24)20-12-14-21(15-13-20)37-27(28,29)30/h4-17H,1-3H3,(H2,33,34,38). The first-order valence-corrected chi connectivity index (χ1v) is 12.0. The Balaban J connectivity index is 1.35. The van der Waals surface area contributed by atoms with Crippen LogP contribution in [0.5, 0.6) is 5.75 Å². The number of nitrogens with zero attached hydrogens (tertiary/aromatic N) is 4. The molecule has 3 aromatic carbocycles. The molecule has 0 fully saturated rings. The molecule has 38 heavy (non-hydrogen) atoms. The molecule has 0 amide bonds. The van der Waals surface area contributed by atoms with Gasteiger partial charge in [-0.1, -0.05) is 63.2 Å². The molecule has 7 nitrogen and oxygen atoms in total. The van der Waals surface area contributed by atoms with Crippen molar-refractivity contribution in [1.82, 2.24) is 20.2 Å². The zero-order chi connectivity index (χ0) is 27.3. The average Bonchev–Trinajstić information content (AvgIpc) is 3.34. The maximum absolute atomic E-state index is 12.3. The van der Waals surface area contributed by atoms with Gasteiger partial charge in [0.25, 0.3) is 0 Å². The summed E-state index contributed by atoms with van der Waals surface area (Å²) in [6, 6.07) is 20.8. The maximum Gasteiger partial charge on any atom is 0.573 e. The van der Waals surface area contributed by atoms with E-state index in [1.807, 2.05) is 42.5 Å². The number of halogens is 3. The van der Waals surface area contributed by atoms with E-state index in [0.29, 0.717) is 16.6 Å². The van der Waals surface area contributed by atoms with Crippen LogP contribution in [0.3, 0.4) is 0 Å². The van der Waals surface area contributed by atoms with E-state index in [1.54, 1.807) is 6.21 Å². The Bertz CT molecular complexity index is 1420. The lowest BCUT2D eigenvalue weighted by molar-refractivity contribution is -0.274. The van der Waals surface area contributed by atoms with Gasteiger partial charge in [0, 0.05) is 11.3 Å². The summed E-state index contributed by atoms with van der Waals surface area (Å²) in [6.45, 7) is 6.42. The van der Waals surface area contributed by atoms with Crippen LogP contribution < -0.4 is 15.5 Å². The number of aromatic nitrogens is 3. The second kappa shape index (κ2) is 11.0. The highest BCUT2D eigenvalue weighted by atomic mass is 32.1. The minimum atomic E-state index is -4.74. The van der Waals surface area contributed by atoms with Crippen LogP contribution in [-0.2, 0) is 5.41 Å². The number of ether oxygens (including phenoxy) is 1. The average molecular weight is 539 g/mol. The highest BCUT2D eigenvalue weighted by molar-refractivity contribution is 7.80. The van der Waals surface area contributed by atoms with E-state index < -0.39 is 6.36 Å². The van der Waals surface area contributed by atoms with Crippen LogP contribution in [0.4, 0.5) is 18.9 Å². The van der Waals surface area contributed by atoms with Gasteiger partial charge in [-0.25, -0.2) is 9.67 Å². The quantitative estimate of drug-likeness (QED) is 0.167. The second-order valence-corrected chi connectivity index (χ2v) is 9.70. The molecule has 4 rings (SSSR count). The largest absolute Gasteiger partial charge is 0.573 e. The maximum atomic E-state index is 12.3. The molecular formula is C27H25F3N6OS. The molecule has 0 aliphatic rings. The number of rotatable bonds is 6. The molecule has 4 aromatic rings. The zero-order valence-electron chi connectivity index (χ0n) is 20.8. The third-order valence-corrected chi connectivity index (χ3v) is 5.55. The van der Waals surface area contributed by atoms with Gasteiger partial charge in [0.15, 0.2) is 10.9 Å². The van der Waals surface area contributed by atoms with Gasteiger partial charge in [-0.2, -0.15) is 5.10 Å². The Hall–Kier alpha value is -4.25. The number of hydrogen-bond donors (Lipinski definition) is 2. The summed E-state index contributed by atoms with van der Waals surface area (Å²) in [5.74, 6) is 0.157. The van der Waals surface area contributed by atoms with Gasteiger partial charge in [-0.15, -0.1) is 18.3 Å². The lowest BCUT2D eigenvalue weighted by Gasteiger charge is -2.23. The van der Waals surface area contributed by atoms with Crippen molar-refractivity contribution >= 4 is 29.2 Å². The van der Waals surface area contributed by atoms with Gasteiger partial charge in [-0.05, 0) is 59.1 Å². The van der Waals surface area contributed by atoms with Crippen molar-refractivity contribution in [3.8, 4) is 22.8 Å². The summed E-state index contributed by atoms with van der Waals surface area (Å²) < 4.78 is 42.4. The molecule has 196 valence electrons. The van der Waals surface area contributed by atoms with Gasteiger partial charge in [0.05, 0.1) is 11.9 Å². The fraction of sp³-hybridized carbons (Fsp3) is 0.185. The number of hydrogen-bond acceptors (Lipinski definition) is 5. The smallest absolute Gasteiger partial charge is 0.406 e. The topological polar surface area (TPSA) is 76.4 Å². The van der Waals surface area contributed by atoms with Gasteiger partial charge in [0.2, 0.25) is 0 Å². The van der Waals surface area contributed by atoms with E-state index in [2.05, 4.69) is 57.5 Å². The molecule has 0 spiro atoms. The first-order chi connectivity index (χ1) is 18.0. The monoisotopic (exact) mass is 538 g/mol. The van der Waals surface area contributed by atoms with Crippen LogP contribution in [-0.4, -0.2) is 32.5 Å². The summed E-state index contributed by atoms with van der Waals surface area (Å²) in [5.41, 5.74) is 7.01. The van der Waals surface area contributed by atoms with Crippen molar-refractivity contribution in [3.05, 3.63) is 90.3 Å². The zero-order valence-corrected chi connectivity index (χ0v) is 21.6. The van der Waals surface area contributed by atoms with Crippen LogP contribution >= 0.6 is 12.2 Å². The van der Waals surface area contributed by atoms with E-state index in [4.69, 9.17) is 12.2 Å². The predicted octanol–water partition coefficient (Wildman–Crippen LogP) is 6.45. The number of nitrogens with one attached hydrogen (secondary N) is 2. The normalized spacial score (nSPS) is 11.9. The summed E-state index contributed by atoms with van der Waals surface area (Å²) in [4.78, 5) is 4.29. The lowest BCUT2D eigenvalue weighted by Crippen LogP contribution is -2.26. The number of hydrazone groups is 1. The molecule has 0 bridgehead atoms. The summed E-state index contributed by atoms with van der Waals surface area (Å²) in [7, 11) is 0. The number of alkyl halides is 3. The van der Waals surface area contributed by atoms with Crippen LogP contribution in [0.25, 0.3) is 17.1 Å². The Labute approximate surface area is 223 Å². The van der Waals surface area contributed by atoms with Crippen LogP contribution in [0.1, 0.15) is 31.9 Å². The van der Waals surface area contributed by atoms with E-state index in [9.17, 15) is 13.2 Å². The molecule has 0 radical (unpaired) electrons. The van der Waals surface area contributed by atoms with Crippen molar-refractivity contribution < 1.29 is 17.9 Å². The SMILES string of the molecule is CC(C)(C)c1ccccc1NC(=S)NN=Cc1ccc(-c2ncn(-c3ccc(OC(F)(F)F)cc3)n2)cc1. The first-order valence-electron chi connectivity index (χ1n) is 11.6. The fourth-order valence-electron chi connectivity index (χ4n) is 3.60. The molecule has 2 N–H and O–H groups in total. The lowest BCUT2D eigenvalue weighted by atomic mass is 9.86. The Morgan fingerprint density at radius 3 is 2.32 bits per heavy atom.